The minimum absolute atomic E-state index is 0.0318. The lowest BCUT2D eigenvalue weighted by atomic mass is 9.56. The van der Waals surface area contributed by atoms with Gasteiger partial charge in [0, 0.05) is 13.0 Å². The average Bonchev–Trinajstić information content (AvgIpc) is 3.45. The first-order valence-corrected chi connectivity index (χ1v) is 17.1. The third-order valence-corrected chi connectivity index (χ3v) is 12.1. The van der Waals surface area contributed by atoms with Crippen molar-refractivity contribution in [2.75, 3.05) is 31.2 Å². The van der Waals surface area contributed by atoms with Gasteiger partial charge in [-0.1, -0.05) is 23.3 Å². The molecule has 2 saturated heterocycles. The van der Waals surface area contributed by atoms with E-state index in [4.69, 9.17) is 44.3 Å². The summed E-state index contributed by atoms with van der Waals surface area (Å²) in [6.45, 7) is 0. The van der Waals surface area contributed by atoms with E-state index in [0.29, 0.717) is 16.6 Å². The van der Waals surface area contributed by atoms with Crippen LogP contribution in [0.4, 0.5) is 29.1 Å². The SMILES string of the molecule is COc1cc([C@H]2C3=CC[C@@H]4C(=O)N(N(C)c5nc(C(F)(F)F)ccc5Cl)C(=O)[C@@H]4[C@@H]3C[C@@]3(Cl)C(=O)N(c4ccc(F)cc4)C(=O)[C@@]23Cl)cc(OC)c1O. The first kappa shape index (κ1) is 36.7. The molecule has 53 heavy (non-hydrogen) atoms. The second kappa shape index (κ2) is 12.5. The number of phenols is 1. The molecule has 0 unspecified atom stereocenters. The Hall–Kier alpha value is -4.60. The Morgan fingerprint density at radius 1 is 0.943 bits per heavy atom. The number of carbonyl (C=O) groups excluding carboxylic acids is 4. The molecule has 11 nitrogen and oxygen atoms in total. The Morgan fingerprint density at radius 3 is 2.15 bits per heavy atom. The summed E-state index contributed by atoms with van der Waals surface area (Å²) in [6.07, 6.45) is -3.75. The summed E-state index contributed by atoms with van der Waals surface area (Å²) in [5.74, 6) is -9.94. The molecule has 3 heterocycles. The van der Waals surface area contributed by atoms with Gasteiger partial charge in [-0.15, -0.1) is 23.2 Å². The number of hydrogen-bond acceptors (Lipinski definition) is 9. The number of amides is 4. The Labute approximate surface area is 313 Å². The maximum Gasteiger partial charge on any atom is 0.433 e. The number of benzene rings is 2. The molecule has 0 spiro atoms. The van der Waals surface area contributed by atoms with Gasteiger partial charge in [0.1, 0.15) is 11.5 Å². The predicted molar refractivity (Wildman–Crippen MR) is 182 cm³/mol. The monoisotopic (exact) mass is 796 g/mol. The van der Waals surface area contributed by atoms with Crippen LogP contribution in [0.25, 0.3) is 0 Å². The molecule has 18 heteroatoms. The molecular formula is C35H27Cl3F4N4O7. The summed E-state index contributed by atoms with van der Waals surface area (Å²) in [7, 11) is 3.71. The summed E-state index contributed by atoms with van der Waals surface area (Å²) in [4.78, 5) is 57.2. The first-order valence-electron chi connectivity index (χ1n) is 15.9. The fraction of sp³-hybridized carbons (Fsp3) is 0.343. The topological polar surface area (TPSA) is 130 Å². The Kier molecular flexibility index (Phi) is 8.66. The highest BCUT2D eigenvalue weighted by molar-refractivity contribution is 6.58. The van der Waals surface area contributed by atoms with Crippen molar-refractivity contribution in [3.05, 3.63) is 82.3 Å². The van der Waals surface area contributed by atoms with Crippen molar-refractivity contribution in [2.24, 2.45) is 17.8 Å². The van der Waals surface area contributed by atoms with Gasteiger partial charge < -0.3 is 14.6 Å². The lowest BCUT2D eigenvalue weighted by Crippen LogP contribution is -2.60. The van der Waals surface area contributed by atoms with E-state index in [9.17, 15) is 41.8 Å². The number of aromatic nitrogens is 1. The van der Waals surface area contributed by atoms with Crippen molar-refractivity contribution in [2.45, 2.75) is 34.7 Å². The number of allylic oxidation sites excluding steroid dienone is 2. The van der Waals surface area contributed by atoms with Gasteiger partial charge in [0.15, 0.2) is 27.1 Å². The molecule has 1 aromatic heterocycles. The second-order valence-electron chi connectivity index (χ2n) is 13.0. The number of hydrazine groups is 1. The summed E-state index contributed by atoms with van der Waals surface area (Å²) < 4.78 is 65.5. The van der Waals surface area contributed by atoms with E-state index in [2.05, 4.69) is 4.98 Å². The summed E-state index contributed by atoms with van der Waals surface area (Å²) in [6, 6.07) is 8.84. The number of imide groups is 2. The number of ether oxygens (including phenoxy) is 2. The average molecular weight is 798 g/mol. The molecule has 4 aliphatic rings. The van der Waals surface area contributed by atoms with Gasteiger partial charge in [0.2, 0.25) is 5.75 Å². The minimum Gasteiger partial charge on any atom is -0.502 e. The molecular weight excluding hydrogens is 771 g/mol. The zero-order valence-corrected chi connectivity index (χ0v) is 30.0. The molecule has 278 valence electrons. The molecule has 3 fully saturated rings. The number of phenolic OH excluding ortho intramolecular Hbond substituents is 1. The van der Waals surface area contributed by atoms with Crippen LogP contribution in [-0.2, 0) is 25.4 Å². The van der Waals surface area contributed by atoms with E-state index >= 15 is 0 Å². The van der Waals surface area contributed by atoms with Crippen LogP contribution < -0.4 is 19.4 Å². The number of methoxy groups -OCH3 is 2. The Balaban J connectivity index is 1.38. The maximum atomic E-state index is 14.6. The van der Waals surface area contributed by atoms with Gasteiger partial charge in [0.05, 0.1) is 36.8 Å². The van der Waals surface area contributed by atoms with E-state index in [1.807, 2.05) is 0 Å². The fourth-order valence-corrected chi connectivity index (χ4v) is 9.21. The number of hydrogen-bond donors (Lipinski definition) is 1. The van der Waals surface area contributed by atoms with Crippen LogP contribution in [0.3, 0.4) is 0 Å². The number of anilines is 2. The van der Waals surface area contributed by atoms with Gasteiger partial charge in [-0.05, 0) is 72.9 Å². The molecule has 7 rings (SSSR count). The van der Waals surface area contributed by atoms with Crippen molar-refractivity contribution in [1.82, 2.24) is 9.99 Å². The lowest BCUT2D eigenvalue weighted by Gasteiger charge is -2.50. The zero-order valence-electron chi connectivity index (χ0n) is 27.8. The number of pyridine rings is 1. The summed E-state index contributed by atoms with van der Waals surface area (Å²) in [5.41, 5.74) is -0.790. The highest BCUT2D eigenvalue weighted by atomic mass is 35.5. The number of nitrogens with zero attached hydrogens (tertiary/aromatic N) is 4. The second-order valence-corrected chi connectivity index (χ2v) is 14.7. The van der Waals surface area contributed by atoms with Crippen LogP contribution in [0.2, 0.25) is 5.02 Å². The zero-order chi connectivity index (χ0) is 38.5. The van der Waals surface area contributed by atoms with Gasteiger partial charge >= 0.3 is 6.18 Å². The smallest absolute Gasteiger partial charge is 0.433 e. The summed E-state index contributed by atoms with van der Waals surface area (Å²) in [5, 5.41) is 12.0. The van der Waals surface area contributed by atoms with E-state index in [1.54, 1.807) is 6.08 Å². The normalized spacial score (nSPS) is 28.1. The molecule has 4 amide bonds. The van der Waals surface area contributed by atoms with E-state index in [1.165, 1.54) is 45.5 Å². The molecule has 2 aliphatic heterocycles. The highest BCUT2D eigenvalue weighted by Crippen LogP contribution is 2.66. The summed E-state index contributed by atoms with van der Waals surface area (Å²) >= 11 is 21.0. The number of rotatable bonds is 6. The molecule has 6 atom stereocenters. The van der Waals surface area contributed by atoms with Crippen molar-refractivity contribution >= 4 is 69.9 Å². The molecule has 2 aliphatic carbocycles. The number of halogens is 7. The molecule has 2 aromatic carbocycles. The number of aromatic hydroxyl groups is 1. The van der Waals surface area contributed by atoms with Crippen molar-refractivity contribution in [3.8, 4) is 17.2 Å². The van der Waals surface area contributed by atoms with E-state index in [0.717, 1.165) is 28.1 Å². The number of carbonyl (C=O) groups is 4. The fourth-order valence-electron chi connectivity index (χ4n) is 8.04. The van der Waals surface area contributed by atoms with Crippen LogP contribution in [0, 0.1) is 23.6 Å². The molecule has 0 bridgehead atoms. The van der Waals surface area contributed by atoms with E-state index in [-0.39, 0.29) is 39.9 Å². The Morgan fingerprint density at radius 2 is 1.57 bits per heavy atom. The minimum atomic E-state index is -4.86. The van der Waals surface area contributed by atoms with Gasteiger partial charge in [-0.25, -0.2) is 14.3 Å². The third-order valence-electron chi connectivity index (χ3n) is 10.4. The Bertz CT molecular complexity index is 2110. The standard InChI is InChI=1S/C35H27Cl3F4N4O7/c1-44(28-21(36)10-11-24(43-28)35(40,41)42)46-29(48)19-9-8-18-20(25(19)30(46)49)14-33(37)31(50)45(17-6-4-16(39)5-7-17)32(51)34(33,38)26(18)15-12-22(52-2)27(47)23(13-15)53-3/h4-8,10-13,19-20,25-26,47H,9,14H2,1-3H3/t19-,20+,25-,26-,33+,34-/m0/s1. The van der Waals surface area contributed by atoms with Gasteiger partial charge in [-0.3, -0.25) is 24.2 Å². The number of fused-ring (bicyclic) bond motifs is 4. The van der Waals surface area contributed by atoms with Crippen LogP contribution in [0.15, 0.2) is 60.2 Å². The molecule has 1 saturated carbocycles. The maximum absolute atomic E-state index is 14.6. The van der Waals surface area contributed by atoms with Crippen LogP contribution in [-0.4, -0.2) is 69.7 Å². The van der Waals surface area contributed by atoms with Crippen LogP contribution >= 0.6 is 34.8 Å². The van der Waals surface area contributed by atoms with Crippen molar-refractivity contribution < 1.29 is 51.3 Å². The van der Waals surface area contributed by atoms with Crippen LogP contribution in [0.5, 0.6) is 17.2 Å². The van der Waals surface area contributed by atoms with E-state index < -0.39 is 87.0 Å². The van der Waals surface area contributed by atoms with Crippen molar-refractivity contribution in [1.29, 1.82) is 0 Å². The largest absolute Gasteiger partial charge is 0.502 e. The van der Waals surface area contributed by atoms with Crippen molar-refractivity contribution in [3.63, 3.8) is 0 Å². The van der Waals surface area contributed by atoms with Crippen LogP contribution in [0.1, 0.15) is 30.0 Å². The molecule has 1 N–H and O–H groups in total. The van der Waals surface area contributed by atoms with Gasteiger partial charge in [0.25, 0.3) is 23.6 Å². The predicted octanol–water partition coefficient (Wildman–Crippen LogP) is 6.23. The molecule has 3 aromatic rings. The lowest BCUT2D eigenvalue weighted by molar-refractivity contribution is -0.141. The number of alkyl halides is 5. The van der Waals surface area contributed by atoms with Gasteiger partial charge in [-0.2, -0.15) is 18.2 Å². The first-order chi connectivity index (χ1) is 24.9. The molecule has 0 radical (unpaired) electrons. The highest BCUT2D eigenvalue weighted by Gasteiger charge is 2.77. The third kappa shape index (κ3) is 5.18. The quantitative estimate of drug-likeness (QED) is 0.134.